The van der Waals surface area contributed by atoms with Crippen LogP contribution in [0.1, 0.15) is 20.7 Å². The maximum atomic E-state index is 12.7. The standard InChI is InChI=1S/C25H22Cl2N4O2S/c26-18-10-11-19(20(27)16-18)23(32)29-25(34)28-21-8-4-5-9-22(21)30-12-14-31(15-13-30)24(33)17-6-2-1-3-7-17/h1-11,16H,12-15H2,(H2,28,29,32,34). The normalized spacial score (nSPS) is 13.4. The predicted octanol–water partition coefficient (Wildman–Crippen LogP) is 5.08. The Hall–Kier alpha value is -3.13. The fourth-order valence-corrected chi connectivity index (χ4v) is 4.46. The average Bonchev–Trinajstić information content (AvgIpc) is 2.84. The van der Waals surface area contributed by atoms with Crippen molar-refractivity contribution in [2.75, 3.05) is 36.4 Å². The molecule has 4 rings (SSSR count). The van der Waals surface area contributed by atoms with Crippen LogP contribution in [-0.4, -0.2) is 48.0 Å². The van der Waals surface area contributed by atoms with Gasteiger partial charge in [0.2, 0.25) is 0 Å². The van der Waals surface area contributed by atoms with Crippen molar-refractivity contribution < 1.29 is 9.59 Å². The Morgan fingerprint density at radius 2 is 1.53 bits per heavy atom. The highest BCUT2D eigenvalue weighted by molar-refractivity contribution is 7.80. The minimum Gasteiger partial charge on any atom is -0.366 e. The molecule has 0 aliphatic carbocycles. The third-order valence-electron chi connectivity index (χ3n) is 5.48. The minimum atomic E-state index is -0.426. The van der Waals surface area contributed by atoms with Crippen molar-refractivity contribution in [3.63, 3.8) is 0 Å². The maximum absolute atomic E-state index is 12.7. The second-order valence-corrected chi connectivity index (χ2v) is 8.95. The third kappa shape index (κ3) is 5.67. The Labute approximate surface area is 213 Å². The average molecular weight is 513 g/mol. The number of rotatable bonds is 4. The molecular formula is C25H22Cl2N4O2S. The topological polar surface area (TPSA) is 64.7 Å². The zero-order valence-corrected chi connectivity index (χ0v) is 20.5. The minimum absolute atomic E-state index is 0.0383. The maximum Gasteiger partial charge on any atom is 0.258 e. The number of para-hydroxylation sites is 2. The second kappa shape index (κ2) is 10.9. The van der Waals surface area contributed by atoms with Gasteiger partial charge in [-0.05, 0) is 54.7 Å². The molecule has 9 heteroatoms. The van der Waals surface area contributed by atoms with E-state index in [0.717, 1.165) is 11.4 Å². The first kappa shape index (κ1) is 24.0. The summed E-state index contributed by atoms with van der Waals surface area (Å²) in [6, 6.07) is 21.7. The summed E-state index contributed by atoms with van der Waals surface area (Å²) in [5.74, 6) is -0.388. The molecule has 174 valence electrons. The Balaban J connectivity index is 1.39. The number of hydrogen-bond acceptors (Lipinski definition) is 4. The highest BCUT2D eigenvalue weighted by atomic mass is 35.5. The molecule has 2 amide bonds. The van der Waals surface area contributed by atoms with E-state index in [1.54, 1.807) is 12.1 Å². The summed E-state index contributed by atoms with van der Waals surface area (Å²) in [5, 5.41) is 6.61. The van der Waals surface area contributed by atoms with E-state index >= 15 is 0 Å². The summed E-state index contributed by atoms with van der Waals surface area (Å²) < 4.78 is 0. The van der Waals surface area contributed by atoms with E-state index in [1.807, 2.05) is 59.5 Å². The summed E-state index contributed by atoms with van der Waals surface area (Å²) in [6.07, 6.45) is 0. The number of thiocarbonyl (C=S) groups is 1. The van der Waals surface area contributed by atoms with Crippen LogP contribution >= 0.6 is 35.4 Å². The zero-order valence-electron chi connectivity index (χ0n) is 18.1. The van der Waals surface area contributed by atoms with Crippen molar-refractivity contribution >= 4 is 63.7 Å². The molecule has 1 aliphatic heterocycles. The largest absolute Gasteiger partial charge is 0.366 e. The van der Waals surface area contributed by atoms with Crippen LogP contribution in [0.3, 0.4) is 0 Å². The monoisotopic (exact) mass is 512 g/mol. The molecule has 0 radical (unpaired) electrons. The van der Waals surface area contributed by atoms with Crippen LogP contribution in [-0.2, 0) is 0 Å². The fourth-order valence-electron chi connectivity index (χ4n) is 3.77. The van der Waals surface area contributed by atoms with Gasteiger partial charge in [-0.15, -0.1) is 0 Å². The summed E-state index contributed by atoms with van der Waals surface area (Å²) in [7, 11) is 0. The summed E-state index contributed by atoms with van der Waals surface area (Å²) >= 11 is 17.4. The van der Waals surface area contributed by atoms with E-state index in [2.05, 4.69) is 15.5 Å². The summed E-state index contributed by atoms with van der Waals surface area (Å²) in [6.45, 7) is 2.57. The molecule has 0 saturated carbocycles. The number of anilines is 2. The lowest BCUT2D eigenvalue weighted by atomic mass is 10.1. The Kier molecular flexibility index (Phi) is 7.67. The van der Waals surface area contributed by atoms with Gasteiger partial charge in [-0.25, -0.2) is 0 Å². The van der Waals surface area contributed by atoms with Gasteiger partial charge in [0.25, 0.3) is 11.8 Å². The van der Waals surface area contributed by atoms with Crippen molar-refractivity contribution in [2.24, 2.45) is 0 Å². The molecule has 0 atom stereocenters. The zero-order chi connectivity index (χ0) is 24.1. The van der Waals surface area contributed by atoms with E-state index < -0.39 is 5.91 Å². The number of halogens is 2. The molecule has 1 aliphatic rings. The van der Waals surface area contributed by atoms with Gasteiger partial charge in [0.15, 0.2) is 5.11 Å². The molecule has 1 heterocycles. The van der Waals surface area contributed by atoms with Gasteiger partial charge in [0, 0.05) is 36.8 Å². The van der Waals surface area contributed by atoms with E-state index in [4.69, 9.17) is 35.4 Å². The summed E-state index contributed by atoms with van der Waals surface area (Å²) in [5.41, 5.74) is 2.68. The van der Waals surface area contributed by atoms with Gasteiger partial charge in [-0.3, -0.25) is 14.9 Å². The number of benzene rings is 3. The number of carbonyl (C=O) groups excluding carboxylic acids is 2. The van der Waals surface area contributed by atoms with Crippen LogP contribution in [0, 0.1) is 0 Å². The Morgan fingerprint density at radius 3 is 2.24 bits per heavy atom. The van der Waals surface area contributed by atoms with Crippen LogP contribution in [0.15, 0.2) is 72.8 Å². The smallest absolute Gasteiger partial charge is 0.258 e. The van der Waals surface area contributed by atoms with Crippen LogP contribution in [0.2, 0.25) is 10.0 Å². The first-order valence-electron chi connectivity index (χ1n) is 10.7. The molecule has 0 aromatic heterocycles. The molecule has 34 heavy (non-hydrogen) atoms. The van der Waals surface area contributed by atoms with E-state index in [-0.39, 0.29) is 21.6 Å². The van der Waals surface area contributed by atoms with Gasteiger partial charge in [0.1, 0.15) is 0 Å². The SMILES string of the molecule is O=C(NC(=S)Nc1ccccc1N1CCN(C(=O)c2ccccc2)CC1)c1ccc(Cl)cc1Cl. The first-order chi connectivity index (χ1) is 16.4. The number of nitrogens with one attached hydrogen (secondary N) is 2. The molecule has 2 N–H and O–H groups in total. The Morgan fingerprint density at radius 1 is 0.853 bits per heavy atom. The lowest BCUT2D eigenvalue weighted by Crippen LogP contribution is -2.49. The van der Waals surface area contributed by atoms with Crippen LogP contribution in [0.5, 0.6) is 0 Å². The van der Waals surface area contributed by atoms with Crippen molar-refractivity contribution in [2.45, 2.75) is 0 Å². The second-order valence-electron chi connectivity index (χ2n) is 7.69. The van der Waals surface area contributed by atoms with Crippen LogP contribution < -0.4 is 15.5 Å². The van der Waals surface area contributed by atoms with Gasteiger partial charge >= 0.3 is 0 Å². The number of piperazine rings is 1. The predicted molar refractivity (Wildman–Crippen MR) is 141 cm³/mol. The first-order valence-corrected chi connectivity index (χ1v) is 11.8. The van der Waals surface area contributed by atoms with Crippen LogP contribution in [0.4, 0.5) is 11.4 Å². The highest BCUT2D eigenvalue weighted by Gasteiger charge is 2.23. The third-order valence-corrected chi connectivity index (χ3v) is 6.24. The van der Waals surface area contributed by atoms with E-state index in [0.29, 0.717) is 36.8 Å². The van der Waals surface area contributed by atoms with Crippen molar-refractivity contribution in [3.8, 4) is 0 Å². The molecule has 0 unspecified atom stereocenters. The lowest BCUT2D eigenvalue weighted by Gasteiger charge is -2.37. The van der Waals surface area contributed by atoms with Gasteiger partial charge < -0.3 is 15.1 Å². The lowest BCUT2D eigenvalue weighted by molar-refractivity contribution is 0.0746. The number of hydrogen-bond donors (Lipinski definition) is 2. The highest BCUT2D eigenvalue weighted by Crippen LogP contribution is 2.27. The molecule has 6 nitrogen and oxygen atoms in total. The molecule has 1 fully saturated rings. The molecular weight excluding hydrogens is 491 g/mol. The van der Waals surface area contributed by atoms with E-state index in [9.17, 15) is 9.59 Å². The molecule has 1 saturated heterocycles. The molecule has 0 spiro atoms. The quantitative estimate of drug-likeness (QED) is 0.477. The number of carbonyl (C=O) groups is 2. The van der Waals surface area contributed by atoms with Gasteiger partial charge in [0.05, 0.1) is 22.0 Å². The van der Waals surface area contributed by atoms with Gasteiger partial charge in [-0.2, -0.15) is 0 Å². The molecule has 0 bridgehead atoms. The van der Waals surface area contributed by atoms with Gasteiger partial charge in [-0.1, -0.05) is 53.5 Å². The van der Waals surface area contributed by atoms with Crippen molar-refractivity contribution in [1.29, 1.82) is 0 Å². The molecule has 3 aromatic rings. The Bertz CT molecular complexity index is 1210. The van der Waals surface area contributed by atoms with Crippen LogP contribution in [0.25, 0.3) is 0 Å². The molecule has 3 aromatic carbocycles. The fraction of sp³-hybridized carbons (Fsp3) is 0.160. The number of amides is 2. The van der Waals surface area contributed by atoms with E-state index in [1.165, 1.54) is 6.07 Å². The van der Waals surface area contributed by atoms with Crippen molar-refractivity contribution in [1.82, 2.24) is 10.2 Å². The number of nitrogens with zero attached hydrogens (tertiary/aromatic N) is 2. The van der Waals surface area contributed by atoms with Crippen molar-refractivity contribution in [3.05, 3.63) is 94.0 Å². The summed E-state index contributed by atoms with van der Waals surface area (Å²) in [4.78, 5) is 29.4.